The molecular formula is C14H11ClF2O2. The molecule has 0 bridgehead atoms. The number of hydrogen-bond acceptors (Lipinski definition) is 2. The number of hydrogen-bond donors (Lipinski definition) is 1. The van der Waals surface area contributed by atoms with E-state index in [0.717, 1.165) is 0 Å². The van der Waals surface area contributed by atoms with Gasteiger partial charge in [0.2, 0.25) is 0 Å². The monoisotopic (exact) mass is 284 g/mol. The minimum absolute atomic E-state index is 0.0417. The van der Waals surface area contributed by atoms with Crippen molar-refractivity contribution in [2.45, 2.75) is 12.7 Å². The van der Waals surface area contributed by atoms with Crippen molar-refractivity contribution in [2.75, 3.05) is 0 Å². The Morgan fingerprint density at radius 1 is 1.00 bits per heavy atom. The Balaban J connectivity index is 2.32. The summed E-state index contributed by atoms with van der Waals surface area (Å²) in [5.74, 6) is -0.0417. The van der Waals surface area contributed by atoms with E-state index in [1.807, 2.05) is 0 Å². The quantitative estimate of drug-likeness (QED) is 0.919. The van der Waals surface area contributed by atoms with Crippen LogP contribution in [-0.4, -0.2) is 11.7 Å². The molecule has 0 heterocycles. The number of benzene rings is 2. The minimum Gasteiger partial charge on any atom is -0.434 e. The second kappa shape index (κ2) is 5.99. The van der Waals surface area contributed by atoms with Crippen molar-refractivity contribution >= 4 is 11.6 Å². The number of alkyl halides is 2. The maximum atomic E-state index is 12.3. The van der Waals surface area contributed by atoms with Crippen LogP contribution in [-0.2, 0) is 0 Å². The normalized spacial score (nSPS) is 12.5. The van der Waals surface area contributed by atoms with Gasteiger partial charge in [-0.3, -0.25) is 0 Å². The van der Waals surface area contributed by atoms with Crippen LogP contribution in [0, 0.1) is 0 Å². The third-order valence-corrected chi connectivity index (χ3v) is 2.87. The van der Waals surface area contributed by atoms with Gasteiger partial charge in [-0.25, -0.2) is 0 Å². The Morgan fingerprint density at radius 3 is 2.26 bits per heavy atom. The lowest BCUT2D eigenvalue weighted by atomic mass is 10.0. The summed E-state index contributed by atoms with van der Waals surface area (Å²) >= 11 is 5.76. The van der Waals surface area contributed by atoms with Gasteiger partial charge in [0, 0.05) is 10.6 Å². The molecule has 0 amide bonds. The molecule has 0 radical (unpaired) electrons. The van der Waals surface area contributed by atoms with E-state index in [0.29, 0.717) is 10.6 Å². The van der Waals surface area contributed by atoms with E-state index < -0.39 is 12.7 Å². The smallest absolute Gasteiger partial charge is 0.387 e. The van der Waals surface area contributed by atoms with Crippen molar-refractivity contribution in [3.63, 3.8) is 0 Å². The molecule has 0 saturated heterocycles. The first-order valence-corrected chi connectivity index (χ1v) is 5.93. The molecule has 0 spiro atoms. The fraction of sp³-hybridized carbons (Fsp3) is 0.143. The molecule has 0 fully saturated rings. The van der Waals surface area contributed by atoms with E-state index in [1.54, 1.807) is 36.4 Å². The average Bonchev–Trinajstić information content (AvgIpc) is 2.39. The summed E-state index contributed by atoms with van der Waals surface area (Å²) in [6.45, 7) is -2.93. The zero-order valence-corrected chi connectivity index (χ0v) is 10.5. The number of para-hydroxylation sites is 1. The molecule has 1 atom stereocenters. The Hall–Kier alpha value is -1.65. The maximum Gasteiger partial charge on any atom is 0.387 e. The highest BCUT2D eigenvalue weighted by atomic mass is 35.5. The van der Waals surface area contributed by atoms with Crippen LogP contribution in [0.4, 0.5) is 8.78 Å². The summed E-state index contributed by atoms with van der Waals surface area (Å²) in [5, 5.41) is 10.7. The lowest BCUT2D eigenvalue weighted by Crippen LogP contribution is -2.07. The van der Waals surface area contributed by atoms with Gasteiger partial charge < -0.3 is 9.84 Å². The molecule has 0 saturated carbocycles. The molecule has 19 heavy (non-hydrogen) atoms. The number of rotatable bonds is 4. The Kier molecular flexibility index (Phi) is 4.35. The van der Waals surface area contributed by atoms with Crippen molar-refractivity contribution in [3.8, 4) is 5.75 Å². The van der Waals surface area contributed by atoms with Gasteiger partial charge in [0.1, 0.15) is 11.9 Å². The predicted octanol–water partition coefficient (Wildman–Crippen LogP) is 4.02. The summed E-state index contributed by atoms with van der Waals surface area (Å²) in [7, 11) is 0. The number of aliphatic hydroxyl groups excluding tert-OH is 1. The van der Waals surface area contributed by atoms with Crippen molar-refractivity contribution in [3.05, 3.63) is 64.7 Å². The molecule has 0 aliphatic rings. The molecule has 2 nitrogen and oxygen atoms in total. The van der Waals surface area contributed by atoms with Crippen LogP contribution < -0.4 is 4.74 Å². The van der Waals surface area contributed by atoms with E-state index in [-0.39, 0.29) is 11.3 Å². The van der Waals surface area contributed by atoms with E-state index in [4.69, 9.17) is 11.6 Å². The van der Waals surface area contributed by atoms with Crippen LogP contribution in [0.25, 0.3) is 0 Å². The number of halogens is 3. The first-order chi connectivity index (χ1) is 9.08. The van der Waals surface area contributed by atoms with Crippen molar-refractivity contribution in [1.82, 2.24) is 0 Å². The second-order valence-electron chi connectivity index (χ2n) is 3.87. The highest BCUT2D eigenvalue weighted by molar-refractivity contribution is 6.30. The van der Waals surface area contributed by atoms with Crippen LogP contribution in [0.1, 0.15) is 17.2 Å². The summed E-state index contributed by atoms with van der Waals surface area (Å²) in [4.78, 5) is 0. The highest BCUT2D eigenvalue weighted by Gasteiger charge is 2.17. The van der Waals surface area contributed by atoms with E-state index in [2.05, 4.69) is 4.74 Å². The third-order valence-electron chi connectivity index (χ3n) is 2.62. The van der Waals surface area contributed by atoms with Crippen LogP contribution >= 0.6 is 11.6 Å². The fourth-order valence-electron chi connectivity index (χ4n) is 1.73. The molecule has 0 aliphatic heterocycles. The molecule has 2 aromatic rings. The summed E-state index contributed by atoms with van der Waals surface area (Å²) < 4.78 is 29.0. The molecule has 2 rings (SSSR count). The third kappa shape index (κ3) is 3.43. The van der Waals surface area contributed by atoms with E-state index >= 15 is 0 Å². The van der Waals surface area contributed by atoms with Gasteiger partial charge in [-0.05, 0) is 23.8 Å². The second-order valence-corrected chi connectivity index (χ2v) is 4.31. The fourth-order valence-corrected chi connectivity index (χ4v) is 1.86. The Morgan fingerprint density at radius 2 is 1.63 bits per heavy atom. The molecule has 0 aliphatic carbocycles. The SMILES string of the molecule is OC(c1ccc(Cl)cc1)c1ccccc1OC(F)F. The first-order valence-electron chi connectivity index (χ1n) is 5.55. The maximum absolute atomic E-state index is 12.3. The van der Waals surface area contributed by atoms with Gasteiger partial charge in [-0.15, -0.1) is 0 Å². The van der Waals surface area contributed by atoms with Gasteiger partial charge in [-0.1, -0.05) is 41.9 Å². The van der Waals surface area contributed by atoms with Crippen LogP contribution in [0.3, 0.4) is 0 Å². The summed E-state index contributed by atoms with van der Waals surface area (Å²) in [6.07, 6.45) is -1.05. The van der Waals surface area contributed by atoms with E-state index in [1.165, 1.54) is 12.1 Å². The predicted molar refractivity (Wildman–Crippen MR) is 68.6 cm³/mol. The van der Waals surface area contributed by atoms with Gasteiger partial charge in [-0.2, -0.15) is 8.78 Å². The molecule has 1 N–H and O–H groups in total. The standard InChI is InChI=1S/C14H11ClF2O2/c15-10-7-5-9(6-8-10)13(18)11-3-1-2-4-12(11)19-14(16)17/h1-8,13-14,18H. The Bertz CT molecular complexity index is 543. The van der Waals surface area contributed by atoms with Gasteiger partial charge in [0.15, 0.2) is 0 Å². The van der Waals surface area contributed by atoms with Crippen LogP contribution in [0.2, 0.25) is 5.02 Å². The largest absolute Gasteiger partial charge is 0.434 e. The lowest BCUT2D eigenvalue weighted by Gasteiger charge is -2.16. The minimum atomic E-state index is -2.93. The van der Waals surface area contributed by atoms with Crippen molar-refractivity contribution in [1.29, 1.82) is 0 Å². The topological polar surface area (TPSA) is 29.5 Å². The van der Waals surface area contributed by atoms with Gasteiger partial charge >= 0.3 is 6.61 Å². The number of aliphatic hydroxyl groups is 1. The lowest BCUT2D eigenvalue weighted by molar-refractivity contribution is -0.0512. The highest BCUT2D eigenvalue weighted by Crippen LogP contribution is 2.31. The first kappa shape index (κ1) is 13.8. The molecule has 0 aromatic heterocycles. The molecule has 5 heteroatoms. The van der Waals surface area contributed by atoms with Gasteiger partial charge in [0.25, 0.3) is 0 Å². The average molecular weight is 285 g/mol. The van der Waals surface area contributed by atoms with Crippen LogP contribution in [0.15, 0.2) is 48.5 Å². The summed E-state index contributed by atoms with van der Waals surface area (Å²) in [5.41, 5.74) is 0.833. The van der Waals surface area contributed by atoms with E-state index in [9.17, 15) is 13.9 Å². The van der Waals surface area contributed by atoms with Crippen molar-refractivity contribution in [2.24, 2.45) is 0 Å². The Labute approximate surface area is 114 Å². The molecule has 2 aromatic carbocycles. The van der Waals surface area contributed by atoms with Gasteiger partial charge in [0.05, 0.1) is 0 Å². The van der Waals surface area contributed by atoms with Crippen molar-refractivity contribution < 1.29 is 18.6 Å². The van der Waals surface area contributed by atoms with Crippen LogP contribution in [0.5, 0.6) is 5.75 Å². The summed E-state index contributed by atoms with van der Waals surface area (Å²) in [6, 6.07) is 12.6. The number of ether oxygens (including phenoxy) is 1. The molecular weight excluding hydrogens is 274 g/mol. The zero-order chi connectivity index (χ0) is 13.8. The zero-order valence-electron chi connectivity index (χ0n) is 9.76. The molecule has 1 unspecified atom stereocenters. The molecule has 100 valence electrons.